The van der Waals surface area contributed by atoms with Gasteiger partial charge in [0.2, 0.25) is 5.91 Å². The number of carbonyl (C=O) groups is 1. The van der Waals surface area contributed by atoms with Crippen LogP contribution in [0.3, 0.4) is 0 Å². The zero-order valence-corrected chi connectivity index (χ0v) is 11.5. The zero-order valence-electron chi connectivity index (χ0n) is 11.5. The van der Waals surface area contributed by atoms with Gasteiger partial charge in [-0.05, 0) is 32.9 Å². The molecule has 2 N–H and O–H groups in total. The van der Waals surface area contributed by atoms with Gasteiger partial charge in [0.05, 0.1) is 18.6 Å². The van der Waals surface area contributed by atoms with Gasteiger partial charge in [0.15, 0.2) is 0 Å². The molecule has 1 saturated heterocycles. The van der Waals surface area contributed by atoms with E-state index in [1.54, 1.807) is 7.11 Å². The van der Waals surface area contributed by atoms with Crippen molar-refractivity contribution in [2.45, 2.75) is 26.3 Å². The minimum atomic E-state index is -0.418. The molecule has 6 heteroatoms. The Morgan fingerprint density at radius 2 is 2.32 bits per heavy atom. The number of aromatic nitrogens is 1. The summed E-state index contributed by atoms with van der Waals surface area (Å²) >= 11 is 0. The van der Waals surface area contributed by atoms with Gasteiger partial charge in [0.25, 0.3) is 0 Å². The van der Waals surface area contributed by atoms with Crippen LogP contribution in [0.4, 0.5) is 0 Å². The molecule has 1 aliphatic heterocycles. The van der Waals surface area contributed by atoms with Crippen LogP contribution >= 0.6 is 0 Å². The normalized spacial score (nSPS) is 18.2. The van der Waals surface area contributed by atoms with Crippen LogP contribution in [0.25, 0.3) is 0 Å². The highest BCUT2D eigenvalue weighted by molar-refractivity contribution is 5.82. The highest BCUT2D eigenvalue weighted by Gasteiger charge is 2.39. The first kappa shape index (κ1) is 14.0. The maximum atomic E-state index is 12.4. The molecule has 0 aromatic carbocycles. The molecular formula is C13H21N3O3. The molecule has 2 heterocycles. The summed E-state index contributed by atoms with van der Waals surface area (Å²) in [6, 6.07) is 1.83. The van der Waals surface area contributed by atoms with Gasteiger partial charge < -0.3 is 19.9 Å². The lowest BCUT2D eigenvalue weighted by Gasteiger charge is -2.35. The molecule has 0 spiro atoms. The molecule has 0 radical (unpaired) electrons. The van der Waals surface area contributed by atoms with Gasteiger partial charge in [0.1, 0.15) is 11.5 Å². The van der Waals surface area contributed by atoms with Crippen molar-refractivity contribution in [3.63, 3.8) is 0 Å². The number of amides is 1. The van der Waals surface area contributed by atoms with Crippen LogP contribution in [0.15, 0.2) is 10.6 Å². The van der Waals surface area contributed by atoms with E-state index >= 15 is 0 Å². The first-order valence-corrected chi connectivity index (χ1v) is 6.56. The number of methoxy groups -OCH3 is 1. The number of hydrogen-bond acceptors (Lipinski definition) is 5. The Bertz CT molecular complexity index is 419. The average Bonchev–Trinajstić information content (AvgIpc) is 2.83. The summed E-state index contributed by atoms with van der Waals surface area (Å²) in [6.07, 6.45) is 1.59. The largest absolute Gasteiger partial charge is 0.384 e. The maximum Gasteiger partial charge on any atom is 0.228 e. The quantitative estimate of drug-likeness (QED) is 0.817. The van der Waals surface area contributed by atoms with Gasteiger partial charge in [-0.3, -0.25) is 4.79 Å². The number of rotatable bonds is 5. The van der Waals surface area contributed by atoms with Crippen molar-refractivity contribution in [2.24, 2.45) is 5.41 Å². The van der Waals surface area contributed by atoms with Gasteiger partial charge >= 0.3 is 0 Å². The Balaban J connectivity index is 1.95. The van der Waals surface area contributed by atoms with Gasteiger partial charge in [-0.15, -0.1) is 0 Å². The van der Waals surface area contributed by atoms with Gasteiger partial charge in [0, 0.05) is 13.2 Å². The van der Waals surface area contributed by atoms with Crippen LogP contribution in [-0.4, -0.2) is 37.9 Å². The molecule has 2 rings (SSSR count). The van der Waals surface area contributed by atoms with Crippen LogP contribution in [0.5, 0.6) is 0 Å². The summed E-state index contributed by atoms with van der Waals surface area (Å²) in [4.78, 5) is 12.4. The van der Waals surface area contributed by atoms with Gasteiger partial charge in [-0.25, -0.2) is 0 Å². The first-order chi connectivity index (χ1) is 9.16. The van der Waals surface area contributed by atoms with E-state index in [1.807, 2.05) is 13.0 Å². The molecule has 1 aromatic rings. The molecule has 1 aromatic heterocycles. The number of piperidine rings is 1. The molecular weight excluding hydrogens is 246 g/mol. The number of nitrogens with one attached hydrogen (secondary N) is 2. The lowest BCUT2D eigenvalue weighted by atomic mass is 9.78. The lowest BCUT2D eigenvalue weighted by Crippen LogP contribution is -2.50. The van der Waals surface area contributed by atoms with E-state index in [9.17, 15) is 4.79 Å². The van der Waals surface area contributed by atoms with Crippen molar-refractivity contribution in [2.75, 3.05) is 26.8 Å². The molecule has 106 valence electrons. The molecule has 0 bridgehead atoms. The maximum absolute atomic E-state index is 12.4. The Hall–Kier alpha value is -1.40. The smallest absolute Gasteiger partial charge is 0.228 e. The molecule has 0 atom stereocenters. The summed E-state index contributed by atoms with van der Waals surface area (Å²) in [5.74, 6) is 0.786. The topological polar surface area (TPSA) is 76.4 Å². The summed E-state index contributed by atoms with van der Waals surface area (Å²) in [5, 5.41) is 10.1. The molecule has 1 fully saturated rings. The highest BCUT2D eigenvalue weighted by Crippen LogP contribution is 2.29. The number of hydrogen-bond donors (Lipinski definition) is 2. The van der Waals surface area contributed by atoms with Gasteiger partial charge in [-0.1, -0.05) is 5.16 Å². The van der Waals surface area contributed by atoms with Crippen LogP contribution < -0.4 is 10.6 Å². The lowest BCUT2D eigenvalue weighted by molar-refractivity contribution is -0.136. The van der Waals surface area contributed by atoms with Crippen molar-refractivity contribution in [1.82, 2.24) is 15.8 Å². The standard InChI is InChI=1S/C13H21N3O3/c1-10-7-11(16-19-10)8-15-12(17)13(9-18-2)3-5-14-6-4-13/h7,14H,3-6,8-9H2,1-2H3,(H,15,17). The van der Waals surface area contributed by atoms with E-state index in [2.05, 4.69) is 15.8 Å². The van der Waals surface area contributed by atoms with Crippen LogP contribution in [-0.2, 0) is 16.1 Å². The summed E-state index contributed by atoms with van der Waals surface area (Å²) < 4.78 is 10.2. The first-order valence-electron chi connectivity index (χ1n) is 6.56. The molecule has 1 amide bonds. The van der Waals surface area contributed by atoms with Crippen molar-refractivity contribution in [3.05, 3.63) is 17.5 Å². The zero-order chi connectivity index (χ0) is 13.7. The minimum absolute atomic E-state index is 0.0384. The molecule has 0 unspecified atom stereocenters. The molecule has 0 saturated carbocycles. The van der Waals surface area contributed by atoms with Crippen LogP contribution in [0.2, 0.25) is 0 Å². The third-order valence-corrected chi connectivity index (χ3v) is 3.57. The number of aryl methyl sites for hydroxylation is 1. The Morgan fingerprint density at radius 1 is 1.58 bits per heavy atom. The second kappa shape index (κ2) is 6.16. The number of nitrogens with zero attached hydrogens (tertiary/aromatic N) is 1. The van der Waals surface area contributed by atoms with Crippen molar-refractivity contribution in [3.8, 4) is 0 Å². The van der Waals surface area contributed by atoms with E-state index in [0.29, 0.717) is 13.2 Å². The predicted octanol–water partition coefficient (Wildman–Crippen LogP) is 0.615. The molecule has 19 heavy (non-hydrogen) atoms. The van der Waals surface area contributed by atoms with Crippen molar-refractivity contribution >= 4 is 5.91 Å². The summed E-state index contributed by atoms with van der Waals surface area (Å²) in [6.45, 7) is 4.38. The van der Waals surface area contributed by atoms with Gasteiger partial charge in [-0.2, -0.15) is 0 Å². The van der Waals surface area contributed by atoms with Crippen LogP contribution in [0, 0.1) is 12.3 Å². The average molecular weight is 267 g/mol. The fourth-order valence-corrected chi connectivity index (χ4v) is 2.48. The second-order valence-electron chi connectivity index (χ2n) is 5.07. The van der Waals surface area contributed by atoms with E-state index in [-0.39, 0.29) is 5.91 Å². The Labute approximate surface area is 112 Å². The Kier molecular flexibility index (Phi) is 4.55. The van der Waals surface area contributed by atoms with E-state index < -0.39 is 5.41 Å². The van der Waals surface area contributed by atoms with Crippen LogP contribution in [0.1, 0.15) is 24.3 Å². The Morgan fingerprint density at radius 3 is 2.89 bits per heavy atom. The molecule has 1 aliphatic rings. The minimum Gasteiger partial charge on any atom is -0.384 e. The highest BCUT2D eigenvalue weighted by atomic mass is 16.5. The second-order valence-corrected chi connectivity index (χ2v) is 5.07. The van der Waals surface area contributed by atoms with E-state index in [4.69, 9.17) is 9.26 Å². The van der Waals surface area contributed by atoms with Crippen molar-refractivity contribution in [1.29, 1.82) is 0 Å². The third kappa shape index (κ3) is 3.33. The fraction of sp³-hybridized carbons (Fsp3) is 0.692. The number of ether oxygens (including phenoxy) is 1. The summed E-state index contributed by atoms with van der Waals surface area (Å²) in [5.41, 5.74) is 0.325. The monoisotopic (exact) mass is 267 g/mol. The van der Waals surface area contributed by atoms with E-state index in [1.165, 1.54) is 0 Å². The SMILES string of the molecule is COCC1(C(=O)NCc2cc(C)on2)CCNCC1. The number of carbonyl (C=O) groups excluding carboxylic acids is 1. The predicted molar refractivity (Wildman–Crippen MR) is 69.5 cm³/mol. The molecule has 0 aliphatic carbocycles. The molecule has 6 nitrogen and oxygen atoms in total. The van der Waals surface area contributed by atoms with Crippen molar-refractivity contribution < 1.29 is 14.1 Å². The third-order valence-electron chi connectivity index (χ3n) is 3.57. The van der Waals surface area contributed by atoms with E-state index in [0.717, 1.165) is 37.4 Å². The fourth-order valence-electron chi connectivity index (χ4n) is 2.48. The summed E-state index contributed by atoms with van der Waals surface area (Å²) in [7, 11) is 1.64.